The minimum absolute atomic E-state index is 0.532. The van der Waals surface area contributed by atoms with Gasteiger partial charge in [-0.2, -0.15) is 0 Å². The Hall–Kier alpha value is -1.39. The molecule has 0 aromatic heterocycles. The van der Waals surface area contributed by atoms with Crippen molar-refractivity contribution in [1.29, 1.82) is 0 Å². The lowest BCUT2D eigenvalue weighted by Crippen LogP contribution is -2.49. The van der Waals surface area contributed by atoms with Crippen molar-refractivity contribution < 1.29 is 14.4 Å². The zero-order chi connectivity index (χ0) is 11.8. The molecule has 5 heteroatoms. The van der Waals surface area contributed by atoms with E-state index in [2.05, 4.69) is 5.32 Å². The van der Waals surface area contributed by atoms with Gasteiger partial charge in [0, 0.05) is 6.42 Å². The predicted molar refractivity (Wildman–Crippen MR) is 56.0 cm³/mol. The van der Waals surface area contributed by atoms with Crippen LogP contribution in [0.5, 0.6) is 0 Å². The molecule has 0 aromatic carbocycles. The van der Waals surface area contributed by atoms with E-state index >= 15 is 0 Å². The number of hydrogen-bond acceptors (Lipinski definition) is 3. The predicted octanol–water partition coefficient (Wildman–Crippen LogP) is -0.306. The number of carbonyl (C=O) groups excluding carboxylic acids is 3. The Morgan fingerprint density at radius 1 is 1.31 bits per heavy atom. The van der Waals surface area contributed by atoms with E-state index < -0.39 is 23.1 Å². The van der Waals surface area contributed by atoms with Crippen molar-refractivity contribution in [1.82, 2.24) is 5.32 Å². The fourth-order valence-corrected chi connectivity index (χ4v) is 1.56. The first kappa shape index (κ1) is 11.1. The average molecular weight is 223 g/mol. The minimum Gasteiger partial charge on any atom is -0.368 e. The molecule has 2 rings (SSSR count). The van der Waals surface area contributed by atoms with Crippen molar-refractivity contribution in [2.24, 2.45) is 11.7 Å². The van der Waals surface area contributed by atoms with Crippen LogP contribution in [0.15, 0.2) is 0 Å². The lowest BCUT2D eigenvalue weighted by molar-refractivity contribution is -0.138. The Kier molecular flexibility index (Phi) is 2.69. The first-order valence-corrected chi connectivity index (χ1v) is 5.53. The maximum atomic E-state index is 11.4. The molecule has 2 saturated carbocycles. The quantitative estimate of drug-likeness (QED) is 0.605. The van der Waals surface area contributed by atoms with Gasteiger partial charge in [-0.15, -0.1) is 0 Å². The highest BCUT2D eigenvalue weighted by Gasteiger charge is 2.50. The molecular formula is C11H15N2O3. The molecule has 0 bridgehead atoms. The topological polar surface area (TPSA) is 89.3 Å². The van der Waals surface area contributed by atoms with Gasteiger partial charge in [-0.1, -0.05) is 12.8 Å². The van der Waals surface area contributed by atoms with Crippen molar-refractivity contribution in [3.63, 3.8) is 0 Å². The molecule has 3 N–H and O–H groups in total. The summed E-state index contributed by atoms with van der Waals surface area (Å²) in [4.78, 5) is 33.8. The lowest BCUT2D eigenvalue weighted by atomic mass is 10.1. The fourth-order valence-electron chi connectivity index (χ4n) is 1.56. The number of ketones is 1. The van der Waals surface area contributed by atoms with Gasteiger partial charge < -0.3 is 11.1 Å². The van der Waals surface area contributed by atoms with E-state index in [1.165, 1.54) is 6.42 Å². The fraction of sp³-hybridized carbons (Fsp3) is 0.636. The highest BCUT2D eigenvalue weighted by Crippen LogP contribution is 2.35. The number of primary amides is 1. The number of hydrogen-bond donors (Lipinski definition) is 2. The molecule has 0 unspecified atom stereocenters. The van der Waals surface area contributed by atoms with Crippen LogP contribution in [0, 0.1) is 12.3 Å². The molecule has 2 amide bonds. The summed E-state index contributed by atoms with van der Waals surface area (Å²) < 4.78 is 0. The number of amides is 2. The Morgan fingerprint density at radius 2 is 1.94 bits per heavy atom. The number of nitrogens with one attached hydrogen (secondary N) is 1. The van der Waals surface area contributed by atoms with Crippen LogP contribution in [0.1, 0.15) is 32.1 Å². The summed E-state index contributed by atoms with van der Waals surface area (Å²) in [7, 11) is 0. The van der Waals surface area contributed by atoms with Gasteiger partial charge in [-0.05, 0) is 25.2 Å². The monoisotopic (exact) mass is 223 g/mol. The summed E-state index contributed by atoms with van der Waals surface area (Å²) >= 11 is 0. The summed E-state index contributed by atoms with van der Waals surface area (Å²) in [6.07, 6.45) is 5.40. The van der Waals surface area contributed by atoms with Gasteiger partial charge in [-0.3, -0.25) is 14.4 Å². The van der Waals surface area contributed by atoms with Crippen molar-refractivity contribution in [3.8, 4) is 0 Å². The summed E-state index contributed by atoms with van der Waals surface area (Å²) in [6.45, 7) is 0. The normalized spacial score (nSPS) is 21.2. The summed E-state index contributed by atoms with van der Waals surface area (Å²) in [5, 5.41) is 2.42. The van der Waals surface area contributed by atoms with E-state index in [1.807, 2.05) is 0 Å². The zero-order valence-electron chi connectivity index (χ0n) is 8.99. The van der Waals surface area contributed by atoms with Crippen LogP contribution < -0.4 is 11.1 Å². The standard InChI is InChI=1S/C11H15N2O3/c12-10(16)11(5-6-11)13-9(15)8(14)4-3-7-1-2-7/h4,7H,1-3,5-6H2,(H2,12,16)(H,13,15). The highest BCUT2D eigenvalue weighted by atomic mass is 16.2. The molecule has 5 nitrogen and oxygen atoms in total. The van der Waals surface area contributed by atoms with Crippen molar-refractivity contribution >= 4 is 17.6 Å². The largest absolute Gasteiger partial charge is 0.368 e. The van der Waals surface area contributed by atoms with E-state index in [9.17, 15) is 14.4 Å². The second-order valence-corrected chi connectivity index (χ2v) is 4.65. The Labute approximate surface area is 93.8 Å². The number of carbonyl (C=O) groups is 3. The molecule has 0 heterocycles. The molecule has 87 valence electrons. The van der Waals surface area contributed by atoms with Crippen LogP contribution in [-0.2, 0) is 14.4 Å². The summed E-state index contributed by atoms with van der Waals surface area (Å²) in [5.41, 5.74) is 4.19. The SMILES string of the molecule is NC(=O)C1(NC(=O)C(=O)[CH]CC2CC2)CC1. The second-order valence-electron chi connectivity index (χ2n) is 4.65. The molecule has 1 radical (unpaired) electrons. The molecule has 16 heavy (non-hydrogen) atoms. The van der Waals surface area contributed by atoms with Crippen LogP contribution in [0.25, 0.3) is 0 Å². The number of rotatable bonds is 6. The molecule has 2 aliphatic carbocycles. The maximum absolute atomic E-state index is 11.4. The number of Topliss-reactive ketones (excluding diaryl/α,β-unsaturated/α-hetero) is 1. The smallest absolute Gasteiger partial charge is 0.288 e. The third-order valence-electron chi connectivity index (χ3n) is 3.13. The molecule has 0 spiro atoms. The van der Waals surface area contributed by atoms with Crippen molar-refractivity contribution in [2.45, 2.75) is 37.6 Å². The second kappa shape index (κ2) is 3.88. The first-order chi connectivity index (χ1) is 7.53. The third-order valence-corrected chi connectivity index (χ3v) is 3.13. The highest BCUT2D eigenvalue weighted by molar-refractivity contribution is 6.40. The lowest BCUT2D eigenvalue weighted by Gasteiger charge is -2.12. The Bertz CT molecular complexity index is 343. The van der Waals surface area contributed by atoms with Crippen LogP contribution >= 0.6 is 0 Å². The van der Waals surface area contributed by atoms with Crippen LogP contribution in [0.4, 0.5) is 0 Å². The van der Waals surface area contributed by atoms with Crippen LogP contribution in [0.3, 0.4) is 0 Å². The first-order valence-electron chi connectivity index (χ1n) is 5.53. The molecule has 2 aliphatic rings. The Morgan fingerprint density at radius 3 is 2.38 bits per heavy atom. The van der Waals surface area contributed by atoms with E-state index in [1.54, 1.807) is 0 Å². The van der Waals surface area contributed by atoms with Gasteiger partial charge in [0.25, 0.3) is 5.91 Å². The molecule has 2 fully saturated rings. The summed E-state index contributed by atoms with van der Waals surface area (Å²) in [5.74, 6) is -1.25. The van der Waals surface area contributed by atoms with E-state index in [0.717, 1.165) is 12.8 Å². The molecular weight excluding hydrogens is 208 g/mol. The average Bonchev–Trinajstić information content (AvgIpc) is 3.08. The maximum Gasteiger partial charge on any atom is 0.288 e. The zero-order valence-corrected chi connectivity index (χ0v) is 8.99. The summed E-state index contributed by atoms with van der Waals surface area (Å²) in [6, 6.07) is 0. The minimum atomic E-state index is -0.944. The van der Waals surface area contributed by atoms with E-state index in [0.29, 0.717) is 25.2 Å². The molecule has 0 aliphatic heterocycles. The van der Waals surface area contributed by atoms with Gasteiger partial charge in [0.15, 0.2) is 0 Å². The van der Waals surface area contributed by atoms with Crippen molar-refractivity contribution in [3.05, 3.63) is 6.42 Å². The van der Waals surface area contributed by atoms with Gasteiger partial charge in [0.2, 0.25) is 11.7 Å². The van der Waals surface area contributed by atoms with Crippen molar-refractivity contribution in [2.75, 3.05) is 0 Å². The number of nitrogens with two attached hydrogens (primary N) is 1. The van der Waals surface area contributed by atoms with Gasteiger partial charge in [0.05, 0.1) is 0 Å². The molecule has 0 saturated heterocycles. The van der Waals surface area contributed by atoms with Crippen LogP contribution in [0.2, 0.25) is 0 Å². The van der Waals surface area contributed by atoms with E-state index in [-0.39, 0.29) is 0 Å². The molecule has 0 atom stereocenters. The van der Waals surface area contributed by atoms with Gasteiger partial charge in [-0.25, -0.2) is 0 Å². The molecule has 0 aromatic rings. The third kappa shape index (κ3) is 2.40. The Balaban J connectivity index is 1.78. The van der Waals surface area contributed by atoms with E-state index in [4.69, 9.17) is 5.73 Å². The van der Waals surface area contributed by atoms with Crippen LogP contribution in [-0.4, -0.2) is 23.1 Å². The van der Waals surface area contributed by atoms with Gasteiger partial charge in [0.1, 0.15) is 5.54 Å². The van der Waals surface area contributed by atoms with Gasteiger partial charge >= 0.3 is 0 Å².